The summed E-state index contributed by atoms with van der Waals surface area (Å²) in [5.41, 5.74) is 1.12. The fourth-order valence-electron chi connectivity index (χ4n) is 3.50. The number of halogens is 1. The molecule has 112 valence electrons. The van der Waals surface area contributed by atoms with Gasteiger partial charge in [-0.3, -0.25) is 0 Å². The van der Waals surface area contributed by atoms with Gasteiger partial charge in [0.25, 0.3) is 0 Å². The molecule has 0 heterocycles. The molecule has 3 atom stereocenters. The van der Waals surface area contributed by atoms with E-state index >= 15 is 0 Å². The molecular formula is C18H28FN. The highest BCUT2D eigenvalue weighted by Crippen LogP contribution is 2.35. The summed E-state index contributed by atoms with van der Waals surface area (Å²) in [5.74, 6) is 1.54. The molecule has 0 amide bonds. The highest BCUT2D eigenvalue weighted by atomic mass is 19.1. The van der Waals surface area contributed by atoms with Crippen LogP contribution in [0.15, 0.2) is 24.3 Å². The third kappa shape index (κ3) is 4.31. The third-order valence-electron chi connectivity index (χ3n) is 4.73. The van der Waals surface area contributed by atoms with Crippen LogP contribution in [0.1, 0.15) is 51.5 Å². The van der Waals surface area contributed by atoms with E-state index in [2.05, 4.69) is 25.2 Å². The van der Waals surface area contributed by atoms with Gasteiger partial charge in [-0.2, -0.15) is 0 Å². The van der Waals surface area contributed by atoms with Gasteiger partial charge >= 0.3 is 0 Å². The Morgan fingerprint density at radius 2 is 2.15 bits per heavy atom. The molecule has 1 N–H and O–H groups in total. The second-order valence-electron chi connectivity index (χ2n) is 6.24. The Labute approximate surface area is 123 Å². The molecule has 0 saturated heterocycles. The van der Waals surface area contributed by atoms with Crippen LogP contribution in [0.25, 0.3) is 0 Å². The fraction of sp³-hybridized carbons (Fsp3) is 0.667. The van der Waals surface area contributed by atoms with E-state index in [1.165, 1.54) is 31.7 Å². The average molecular weight is 277 g/mol. The van der Waals surface area contributed by atoms with Crippen molar-refractivity contribution in [3.05, 3.63) is 35.6 Å². The van der Waals surface area contributed by atoms with E-state index in [-0.39, 0.29) is 5.82 Å². The van der Waals surface area contributed by atoms with Gasteiger partial charge in [0.15, 0.2) is 0 Å². The lowest BCUT2D eigenvalue weighted by atomic mass is 9.90. The molecule has 1 saturated carbocycles. The van der Waals surface area contributed by atoms with Gasteiger partial charge < -0.3 is 5.32 Å². The first kappa shape index (κ1) is 15.5. The summed E-state index contributed by atoms with van der Waals surface area (Å²) in [7, 11) is 0. The highest BCUT2D eigenvalue weighted by Gasteiger charge is 2.29. The van der Waals surface area contributed by atoms with E-state index in [0.29, 0.717) is 6.04 Å². The number of rotatable bonds is 7. The number of hydrogen-bond acceptors (Lipinski definition) is 1. The van der Waals surface area contributed by atoms with E-state index in [4.69, 9.17) is 0 Å². The summed E-state index contributed by atoms with van der Waals surface area (Å²) in [5, 5.41) is 3.70. The van der Waals surface area contributed by atoms with E-state index in [1.54, 1.807) is 6.07 Å². The van der Waals surface area contributed by atoms with Crippen LogP contribution < -0.4 is 5.32 Å². The first-order valence-corrected chi connectivity index (χ1v) is 8.20. The topological polar surface area (TPSA) is 12.0 Å². The van der Waals surface area contributed by atoms with Gasteiger partial charge in [0, 0.05) is 6.04 Å². The normalized spacial score (nSPS) is 23.9. The van der Waals surface area contributed by atoms with Gasteiger partial charge in [0.1, 0.15) is 5.82 Å². The SMILES string of the molecule is CCCNC(Cc1cccc(F)c1)C1CCC(CC)C1. The monoisotopic (exact) mass is 277 g/mol. The van der Waals surface area contributed by atoms with Crippen LogP contribution in [0.3, 0.4) is 0 Å². The van der Waals surface area contributed by atoms with Gasteiger partial charge in [-0.15, -0.1) is 0 Å². The lowest BCUT2D eigenvalue weighted by Gasteiger charge is -2.25. The zero-order chi connectivity index (χ0) is 14.4. The summed E-state index contributed by atoms with van der Waals surface area (Å²) < 4.78 is 13.3. The van der Waals surface area contributed by atoms with Crippen molar-refractivity contribution in [3.63, 3.8) is 0 Å². The molecule has 0 aliphatic heterocycles. The highest BCUT2D eigenvalue weighted by molar-refractivity contribution is 5.17. The Hall–Kier alpha value is -0.890. The first-order chi connectivity index (χ1) is 9.72. The first-order valence-electron chi connectivity index (χ1n) is 8.20. The number of benzene rings is 1. The van der Waals surface area contributed by atoms with Crippen molar-refractivity contribution in [1.29, 1.82) is 0 Å². The summed E-state index contributed by atoms with van der Waals surface area (Å²) in [6.45, 7) is 5.57. The van der Waals surface area contributed by atoms with E-state index in [0.717, 1.165) is 36.8 Å². The van der Waals surface area contributed by atoms with Crippen molar-refractivity contribution in [3.8, 4) is 0 Å². The quantitative estimate of drug-likeness (QED) is 0.770. The van der Waals surface area contributed by atoms with Crippen LogP contribution in [0.5, 0.6) is 0 Å². The molecule has 20 heavy (non-hydrogen) atoms. The van der Waals surface area contributed by atoms with Crippen molar-refractivity contribution in [2.75, 3.05) is 6.54 Å². The standard InChI is InChI=1S/C18H28FN/c1-3-10-20-18(16-9-8-14(4-2)11-16)13-15-6-5-7-17(19)12-15/h5-7,12,14,16,18,20H,3-4,8-11,13H2,1-2H3. The van der Waals surface area contributed by atoms with Gasteiger partial charge in [-0.1, -0.05) is 38.8 Å². The molecule has 1 aromatic carbocycles. The van der Waals surface area contributed by atoms with Crippen molar-refractivity contribution in [2.24, 2.45) is 11.8 Å². The molecule has 3 unspecified atom stereocenters. The Morgan fingerprint density at radius 3 is 2.80 bits per heavy atom. The second-order valence-corrected chi connectivity index (χ2v) is 6.24. The molecule has 0 radical (unpaired) electrons. The molecule has 0 aromatic heterocycles. The smallest absolute Gasteiger partial charge is 0.123 e. The molecule has 1 aromatic rings. The Kier molecular flexibility index (Phi) is 6.03. The second kappa shape index (κ2) is 7.78. The summed E-state index contributed by atoms with van der Waals surface area (Å²) >= 11 is 0. The molecule has 0 bridgehead atoms. The van der Waals surface area contributed by atoms with E-state index in [1.807, 2.05) is 6.07 Å². The predicted molar refractivity (Wildman–Crippen MR) is 83.3 cm³/mol. The minimum atomic E-state index is -0.116. The minimum absolute atomic E-state index is 0.116. The zero-order valence-corrected chi connectivity index (χ0v) is 12.9. The number of hydrogen-bond donors (Lipinski definition) is 1. The Balaban J connectivity index is 2.00. The van der Waals surface area contributed by atoms with E-state index in [9.17, 15) is 4.39 Å². The van der Waals surface area contributed by atoms with Gasteiger partial charge in [-0.05, 0) is 61.8 Å². The Morgan fingerprint density at radius 1 is 1.30 bits per heavy atom. The molecule has 2 rings (SSSR count). The summed E-state index contributed by atoms with van der Waals surface area (Å²) in [4.78, 5) is 0. The largest absolute Gasteiger partial charge is 0.313 e. The van der Waals surface area contributed by atoms with Crippen LogP contribution in [0, 0.1) is 17.7 Å². The van der Waals surface area contributed by atoms with Gasteiger partial charge in [0.2, 0.25) is 0 Å². The summed E-state index contributed by atoms with van der Waals surface area (Å²) in [6, 6.07) is 7.60. The van der Waals surface area contributed by atoms with Gasteiger partial charge in [0.05, 0.1) is 0 Å². The van der Waals surface area contributed by atoms with Crippen LogP contribution in [-0.4, -0.2) is 12.6 Å². The molecular weight excluding hydrogens is 249 g/mol. The van der Waals surface area contributed by atoms with Crippen LogP contribution in [0.2, 0.25) is 0 Å². The number of nitrogens with one attached hydrogen (secondary N) is 1. The lowest BCUT2D eigenvalue weighted by molar-refractivity contribution is 0.343. The molecule has 0 spiro atoms. The summed E-state index contributed by atoms with van der Waals surface area (Å²) in [6.07, 6.45) is 7.45. The molecule has 1 nitrogen and oxygen atoms in total. The van der Waals surface area contributed by atoms with Crippen molar-refractivity contribution < 1.29 is 4.39 Å². The molecule has 1 aliphatic rings. The third-order valence-corrected chi connectivity index (χ3v) is 4.73. The van der Waals surface area contributed by atoms with Crippen LogP contribution in [0.4, 0.5) is 4.39 Å². The van der Waals surface area contributed by atoms with Crippen LogP contribution in [-0.2, 0) is 6.42 Å². The average Bonchev–Trinajstić information content (AvgIpc) is 2.92. The fourth-order valence-corrected chi connectivity index (χ4v) is 3.50. The molecule has 2 heteroatoms. The maximum absolute atomic E-state index is 13.3. The van der Waals surface area contributed by atoms with Crippen molar-refractivity contribution in [2.45, 2.75) is 58.4 Å². The Bertz CT molecular complexity index is 404. The maximum Gasteiger partial charge on any atom is 0.123 e. The van der Waals surface area contributed by atoms with Gasteiger partial charge in [-0.25, -0.2) is 4.39 Å². The van der Waals surface area contributed by atoms with E-state index < -0.39 is 0 Å². The van der Waals surface area contributed by atoms with Crippen LogP contribution >= 0.6 is 0 Å². The lowest BCUT2D eigenvalue weighted by Crippen LogP contribution is -2.37. The maximum atomic E-state index is 13.3. The van der Waals surface area contributed by atoms with Crippen molar-refractivity contribution >= 4 is 0 Å². The zero-order valence-electron chi connectivity index (χ0n) is 12.9. The molecule has 1 aliphatic carbocycles. The van der Waals surface area contributed by atoms with Crippen molar-refractivity contribution in [1.82, 2.24) is 5.32 Å². The minimum Gasteiger partial charge on any atom is -0.313 e. The predicted octanol–water partition coefficient (Wildman–Crippen LogP) is 4.56. The molecule has 1 fully saturated rings.